The molecule has 2 aliphatic heterocycles. The molecule has 0 saturated heterocycles. The molecule has 0 N–H and O–H groups in total. The Kier molecular flexibility index (Phi) is 3.82. The predicted molar refractivity (Wildman–Crippen MR) is 83.7 cm³/mol. The summed E-state index contributed by atoms with van der Waals surface area (Å²) in [4.78, 5) is 11.7. The molecule has 8 heteroatoms. The standard InChI is InChI=1S/C18H14F2O6/c1-22-17(21)13-9-24-15-7-11(5-6-12(13)15)23-8-10-3-2-4-14-16(10)26-18(19,20)25-14/h2-7,13H,8-9H2,1H3. The molecule has 0 bridgehead atoms. The second kappa shape index (κ2) is 6.05. The Bertz CT molecular complexity index is 867. The van der Waals surface area contributed by atoms with Crippen molar-refractivity contribution in [3.8, 4) is 23.0 Å². The van der Waals surface area contributed by atoms with Gasteiger partial charge in [0.15, 0.2) is 11.5 Å². The number of methoxy groups -OCH3 is 1. The number of halogens is 2. The molecule has 2 aromatic rings. The molecule has 2 heterocycles. The van der Waals surface area contributed by atoms with Gasteiger partial charge in [-0.05, 0) is 12.1 Å². The minimum Gasteiger partial charge on any atom is -0.492 e. The van der Waals surface area contributed by atoms with Crippen LogP contribution in [0.4, 0.5) is 8.78 Å². The number of alkyl halides is 2. The molecule has 0 spiro atoms. The summed E-state index contributed by atoms with van der Waals surface area (Å²) in [6.07, 6.45) is -3.68. The molecule has 136 valence electrons. The van der Waals surface area contributed by atoms with Crippen molar-refractivity contribution in [3.63, 3.8) is 0 Å². The zero-order valence-corrected chi connectivity index (χ0v) is 13.7. The molecule has 0 aromatic heterocycles. The van der Waals surface area contributed by atoms with Gasteiger partial charge in [0.05, 0.1) is 7.11 Å². The largest absolute Gasteiger partial charge is 0.586 e. The van der Waals surface area contributed by atoms with E-state index in [0.29, 0.717) is 17.1 Å². The molecule has 2 aromatic carbocycles. The van der Waals surface area contributed by atoms with E-state index in [2.05, 4.69) is 9.47 Å². The first-order valence-electron chi connectivity index (χ1n) is 7.82. The molecule has 0 fully saturated rings. The third-order valence-electron chi connectivity index (χ3n) is 4.16. The molecule has 1 unspecified atom stereocenters. The van der Waals surface area contributed by atoms with Gasteiger partial charge in [0.25, 0.3) is 0 Å². The van der Waals surface area contributed by atoms with Crippen LogP contribution >= 0.6 is 0 Å². The van der Waals surface area contributed by atoms with Crippen LogP contribution in [0.5, 0.6) is 23.0 Å². The van der Waals surface area contributed by atoms with Gasteiger partial charge < -0.3 is 23.7 Å². The molecular formula is C18H14F2O6. The normalized spacial score (nSPS) is 18.8. The van der Waals surface area contributed by atoms with Crippen LogP contribution < -0.4 is 18.9 Å². The second-order valence-corrected chi connectivity index (χ2v) is 5.79. The van der Waals surface area contributed by atoms with Crippen LogP contribution in [0.1, 0.15) is 17.0 Å². The summed E-state index contributed by atoms with van der Waals surface area (Å²) in [6, 6.07) is 9.64. The van der Waals surface area contributed by atoms with Gasteiger partial charge in [-0.2, -0.15) is 0 Å². The van der Waals surface area contributed by atoms with Gasteiger partial charge in [0.1, 0.15) is 30.6 Å². The fraction of sp³-hybridized carbons (Fsp3) is 0.278. The van der Waals surface area contributed by atoms with Crippen LogP contribution in [-0.2, 0) is 16.1 Å². The van der Waals surface area contributed by atoms with Crippen molar-refractivity contribution in [2.75, 3.05) is 13.7 Å². The van der Waals surface area contributed by atoms with Gasteiger partial charge in [-0.1, -0.05) is 18.2 Å². The van der Waals surface area contributed by atoms with E-state index in [4.69, 9.17) is 14.2 Å². The fourth-order valence-corrected chi connectivity index (χ4v) is 2.92. The number of benzene rings is 2. The Balaban J connectivity index is 1.49. The average Bonchev–Trinajstić information content (AvgIpc) is 3.18. The van der Waals surface area contributed by atoms with E-state index in [0.717, 1.165) is 5.56 Å². The molecule has 0 saturated carbocycles. The Morgan fingerprint density at radius 3 is 2.88 bits per heavy atom. The fourth-order valence-electron chi connectivity index (χ4n) is 2.92. The number of esters is 1. The Morgan fingerprint density at radius 1 is 1.23 bits per heavy atom. The van der Waals surface area contributed by atoms with E-state index in [1.165, 1.54) is 13.2 Å². The molecule has 1 atom stereocenters. The lowest BCUT2D eigenvalue weighted by atomic mass is 10.0. The number of carbonyl (C=O) groups excluding carboxylic acids is 1. The van der Waals surface area contributed by atoms with Crippen LogP contribution in [-0.4, -0.2) is 26.0 Å². The third kappa shape index (κ3) is 2.87. The first kappa shape index (κ1) is 16.4. The summed E-state index contributed by atoms with van der Waals surface area (Å²) in [5.41, 5.74) is 1.15. The Morgan fingerprint density at radius 2 is 2.08 bits per heavy atom. The van der Waals surface area contributed by atoms with E-state index >= 15 is 0 Å². The summed E-state index contributed by atoms with van der Waals surface area (Å²) in [5.74, 6) is 0.0967. The summed E-state index contributed by atoms with van der Waals surface area (Å²) >= 11 is 0. The van der Waals surface area contributed by atoms with Crippen LogP contribution in [0.15, 0.2) is 36.4 Å². The number of fused-ring (bicyclic) bond motifs is 2. The van der Waals surface area contributed by atoms with Crippen molar-refractivity contribution in [2.24, 2.45) is 0 Å². The van der Waals surface area contributed by atoms with Crippen molar-refractivity contribution in [2.45, 2.75) is 18.8 Å². The molecule has 26 heavy (non-hydrogen) atoms. The van der Waals surface area contributed by atoms with Gasteiger partial charge in [0.2, 0.25) is 0 Å². The Hall–Kier alpha value is -3.03. The molecular weight excluding hydrogens is 350 g/mol. The highest BCUT2D eigenvalue weighted by Gasteiger charge is 2.44. The van der Waals surface area contributed by atoms with Gasteiger partial charge in [-0.25, -0.2) is 0 Å². The number of carbonyl (C=O) groups is 1. The highest BCUT2D eigenvalue weighted by molar-refractivity contribution is 5.80. The average molecular weight is 364 g/mol. The van der Waals surface area contributed by atoms with Crippen LogP contribution in [0.3, 0.4) is 0 Å². The minimum absolute atomic E-state index is 0.00182. The summed E-state index contributed by atoms with van der Waals surface area (Å²) < 4.78 is 51.3. The van der Waals surface area contributed by atoms with E-state index in [9.17, 15) is 13.6 Å². The highest BCUT2D eigenvalue weighted by atomic mass is 19.3. The number of para-hydroxylation sites is 1. The topological polar surface area (TPSA) is 63.2 Å². The van der Waals surface area contributed by atoms with Crippen LogP contribution in [0.2, 0.25) is 0 Å². The van der Waals surface area contributed by atoms with E-state index in [1.54, 1.807) is 30.3 Å². The third-order valence-corrected chi connectivity index (χ3v) is 4.16. The number of hydrogen-bond donors (Lipinski definition) is 0. The lowest BCUT2D eigenvalue weighted by Crippen LogP contribution is -2.26. The summed E-state index contributed by atoms with van der Waals surface area (Å²) in [5, 5.41) is 0. The molecule has 0 amide bonds. The maximum Gasteiger partial charge on any atom is 0.586 e. The SMILES string of the molecule is COC(=O)C1COc2cc(OCc3cccc4c3OC(F)(F)O4)ccc21. The minimum atomic E-state index is -3.68. The molecule has 0 radical (unpaired) electrons. The van der Waals surface area contributed by atoms with Crippen molar-refractivity contribution in [1.82, 2.24) is 0 Å². The van der Waals surface area contributed by atoms with Gasteiger partial charge in [-0.3, -0.25) is 4.79 Å². The molecule has 4 rings (SSSR count). The number of ether oxygens (including phenoxy) is 5. The first-order chi connectivity index (χ1) is 12.5. The maximum absolute atomic E-state index is 13.2. The molecule has 2 aliphatic rings. The van der Waals surface area contributed by atoms with Gasteiger partial charge in [0, 0.05) is 17.2 Å². The van der Waals surface area contributed by atoms with Crippen molar-refractivity contribution in [1.29, 1.82) is 0 Å². The van der Waals surface area contributed by atoms with Crippen LogP contribution in [0.25, 0.3) is 0 Å². The Labute approximate surface area is 147 Å². The lowest BCUT2D eigenvalue weighted by Gasteiger charge is -2.10. The smallest absolute Gasteiger partial charge is 0.492 e. The predicted octanol–water partition coefficient (Wildman–Crippen LogP) is 3.24. The van der Waals surface area contributed by atoms with E-state index < -0.39 is 12.2 Å². The monoisotopic (exact) mass is 364 g/mol. The van der Waals surface area contributed by atoms with E-state index in [-0.39, 0.29) is 30.7 Å². The highest BCUT2D eigenvalue weighted by Crippen LogP contribution is 2.43. The van der Waals surface area contributed by atoms with Crippen LogP contribution in [0, 0.1) is 0 Å². The maximum atomic E-state index is 13.2. The molecule has 6 nitrogen and oxygen atoms in total. The summed E-state index contributed by atoms with van der Waals surface area (Å²) in [6.45, 7) is 0.208. The van der Waals surface area contributed by atoms with Crippen molar-refractivity contribution in [3.05, 3.63) is 47.5 Å². The lowest BCUT2D eigenvalue weighted by molar-refractivity contribution is -0.287. The second-order valence-electron chi connectivity index (χ2n) is 5.79. The van der Waals surface area contributed by atoms with Crippen molar-refractivity contribution < 1.29 is 37.3 Å². The quantitative estimate of drug-likeness (QED) is 0.777. The number of rotatable bonds is 4. The van der Waals surface area contributed by atoms with E-state index in [1.807, 2.05) is 0 Å². The zero-order chi connectivity index (χ0) is 18.3. The summed E-state index contributed by atoms with van der Waals surface area (Å²) in [7, 11) is 1.32. The van der Waals surface area contributed by atoms with Gasteiger partial charge >= 0.3 is 12.3 Å². The zero-order valence-electron chi connectivity index (χ0n) is 13.7. The van der Waals surface area contributed by atoms with Gasteiger partial charge in [-0.15, -0.1) is 8.78 Å². The molecule has 0 aliphatic carbocycles. The first-order valence-corrected chi connectivity index (χ1v) is 7.82. The number of hydrogen-bond acceptors (Lipinski definition) is 6. The van der Waals surface area contributed by atoms with Crippen molar-refractivity contribution >= 4 is 5.97 Å².